The van der Waals surface area contributed by atoms with Crippen molar-refractivity contribution in [3.63, 3.8) is 0 Å². The fourth-order valence-corrected chi connectivity index (χ4v) is 1.25. The smallest absolute Gasteiger partial charge is 0.334 e. The lowest BCUT2D eigenvalue weighted by atomic mass is 10.1. The zero-order valence-electron chi connectivity index (χ0n) is 6.94. The number of rotatable bonds is 3. The quantitative estimate of drug-likeness (QED) is 0.874. The second-order valence-electron chi connectivity index (χ2n) is 2.69. The van der Waals surface area contributed by atoms with Crippen LogP contribution in [0, 0.1) is 0 Å². The summed E-state index contributed by atoms with van der Waals surface area (Å²) < 4.78 is 4.33. The molecule has 70 valence electrons. The van der Waals surface area contributed by atoms with Crippen molar-refractivity contribution in [1.82, 2.24) is 0 Å². The van der Waals surface area contributed by atoms with E-state index in [0.29, 0.717) is 6.42 Å². The van der Waals surface area contributed by atoms with Gasteiger partial charge in [0.15, 0.2) is 16.3 Å². The lowest BCUT2D eigenvalue weighted by Gasteiger charge is -2.07. The Morgan fingerprint density at radius 2 is 2.08 bits per heavy atom. The Balaban J connectivity index is 2.55. The molecule has 0 aliphatic carbocycles. The van der Waals surface area contributed by atoms with Gasteiger partial charge in [-0.1, -0.05) is 30.3 Å². The molecule has 1 rings (SSSR count). The third kappa shape index (κ3) is 3.16. The van der Waals surface area contributed by atoms with E-state index in [4.69, 9.17) is 5.73 Å². The van der Waals surface area contributed by atoms with Gasteiger partial charge in [-0.3, -0.25) is 0 Å². The highest BCUT2D eigenvalue weighted by Gasteiger charge is 2.14. The number of hydrogen-bond donors (Lipinski definition) is 1. The summed E-state index contributed by atoms with van der Waals surface area (Å²) in [6, 6.07) is 8.95. The van der Waals surface area contributed by atoms with Gasteiger partial charge in [-0.25, -0.2) is 4.79 Å². The number of hydrogen-bond acceptors (Lipinski definition) is 3. The van der Waals surface area contributed by atoms with Crippen LogP contribution in [-0.2, 0) is 15.0 Å². The molecule has 0 heterocycles. The van der Waals surface area contributed by atoms with Crippen molar-refractivity contribution in [2.45, 2.75) is 12.5 Å². The Morgan fingerprint density at radius 3 is 2.62 bits per heavy atom. The molecule has 0 fully saturated rings. The summed E-state index contributed by atoms with van der Waals surface area (Å²) in [6.45, 7) is 0. The van der Waals surface area contributed by atoms with Gasteiger partial charge in [0, 0.05) is 0 Å². The summed E-state index contributed by atoms with van der Waals surface area (Å²) in [5, 5.41) is 0. The van der Waals surface area contributed by atoms with Crippen LogP contribution in [0.1, 0.15) is 5.56 Å². The highest BCUT2D eigenvalue weighted by molar-refractivity contribution is 9.06. The number of benzene rings is 1. The summed E-state index contributed by atoms with van der Waals surface area (Å²) >= 11 is 2.60. The van der Waals surface area contributed by atoms with Crippen LogP contribution in [0.25, 0.3) is 0 Å². The van der Waals surface area contributed by atoms with E-state index in [1.807, 2.05) is 30.3 Å². The van der Waals surface area contributed by atoms with E-state index in [0.717, 1.165) is 5.56 Å². The highest BCUT2D eigenvalue weighted by Crippen LogP contribution is 2.03. The van der Waals surface area contributed by atoms with Crippen molar-refractivity contribution in [2.24, 2.45) is 5.73 Å². The number of carbonyl (C=O) groups excluding carboxylic acids is 1. The topological polar surface area (TPSA) is 52.3 Å². The first-order chi connectivity index (χ1) is 6.24. The number of halogens is 1. The zero-order chi connectivity index (χ0) is 9.68. The van der Waals surface area contributed by atoms with Crippen molar-refractivity contribution in [3.8, 4) is 0 Å². The van der Waals surface area contributed by atoms with Gasteiger partial charge in [0.1, 0.15) is 6.04 Å². The zero-order valence-corrected chi connectivity index (χ0v) is 8.53. The maximum absolute atomic E-state index is 10.9. The molecule has 0 bridgehead atoms. The third-order valence-corrected chi connectivity index (χ3v) is 2.00. The van der Waals surface area contributed by atoms with Crippen LogP contribution in [0.15, 0.2) is 30.3 Å². The fraction of sp³-hybridized carbons (Fsp3) is 0.222. The second-order valence-corrected chi connectivity index (χ2v) is 3.02. The molecule has 0 radical (unpaired) electrons. The molecule has 0 saturated heterocycles. The van der Waals surface area contributed by atoms with Crippen molar-refractivity contribution >= 4 is 22.2 Å². The molecule has 0 aliphatic rings. The van der Waals surface area contributed by atoms with E-state index >= 15 is 0 Å². The van der Waals surface area contributed by atoms with Gasteiger partial charge in [0.2, 0.25) is 0 Å². The van der Waals surface area contributed by atoms with Gasteiger partial charge in [0.25, 0.3) is 0 Å². The van der Waals surface area contributed by atoms with E-state index in [1.54, 1.807) is 0 Å². The van der Waals surface area contributed by atoms with Crippen molar-refractivity contribution < 1.29 is 8.62 Å². The molecule has 0 amide bonds. The molecule has 0 spiro atoms. The monoisotopic (exact) mass is 243 g/mol. The molecule has 0 aliphatic heterocycles. The van der Waals surface area contributed by atoms with Gasteiger partial charge in [-0.2, -0.15) is 0 Å². The fourth-order valence-electron chi connectivity index (χ4n) is 1.01. The molecule has 13 heavy (non-hydrogen) atoms. The largest absolute Gasteiger partial charge is 0.382 e. The van der Waals surface area contributed by atoms with Gasteiger partial charge in [-0.15, -0.1) is 0 Å². The second kappa shape index (κ2) is 4.99. The summed E-state index contributed by atoms with van der Waals surface area (Å²) in [5.41, 5.74) is 6.58. The number of carbonyl (C=O) groups is 1. The maximum Gasteiger partial charge on any atom is 0.334 e. The summed E-state index contributed by atoms with van der Waals surface area (Å²) in [6.07, 6.45) is 0.491. The van der Waals surface area contributed by atoms with E-state index in [1.165, 1.54) is 0 Å². The number of nitrogens with two attached hydrogens (primary N) is 1. The Bertz CT molecular complexity index is 276. The third-order valence-electron chi connectivity index (χ3n) is 1.68. The van der Waals surface area contributed by atoms with Crippen molar-refractivity contribution in [1.29, 1.82) is 0 Å². The Morgan fingerprint density at radius 1 is 1.46 bits per heavy atom. The minimum Gasteiger partial charge on any atom is -0.382 e. The van der Waals surface area contributed by atoms with Crippen LogP contribution in [0.5, 0.6) is 0 Å². The molecule has 4 heteroatoms. The first kappa shape index (κ1) is 10.2. The molecule has 3 nitrogen and oxygen atoms in total. The minimum absolute atomic E-state index is 0.455. The van der Waals surface area contributed by atoms with Gasteiger partial charge in [-0.05, 0) is 12.0 Å². The maximum atomic E-state index is 10.9. The molecule has 1 atom stereocenters. The van der Waals surface area contributed by atoms with Gasteiger partial charge in [0.05, 0.1) is 0 Å². The van der Waals surface area contributed by atoms with Crippen LogP contribution in [0.3, 0.4) is 0 Å². The van der Waals surface area contributed by atoms with E-state index < -0.39 is 12.0 Å². The average molecular weight is 244 g/mol. The Kier molecular flexibility index (Phi) is 3.92. The lowest BCUT2D eigenvalue weighted by molar-refractivity contribution is -0.133. The molecule has 2 N–H and O–H groups in total. The van der Waals surface area contributed by atoms with Crippen LogP contribution in [0.4, 0.5) is 0 Å². The van der Waals surface area contributed by atoms with Crippen LogP contribution in [0.2, 0.25) is 0 Å². The first-order valence-electron chi connectivity index (χ1n) is 3.86. The van der Waals surface area contributed by atoms with E-state index in [9.17, 15) is 4.79 Å². The predicted octanol–water partition coefficient (Wildman–Crippen LogP) is 1.41. The molecule has 1 aromatic rings. The molecule has 0 saturated carbocycles. The highest BCUT2D eigenvalue weighted by atomic mass is 79.9. The summed E-state index contributed by atoms with van der Waals surface area (Å²) in [7, 11) is 0. The molecule has 1 unspecified atom stereocenters. The Labute approximate surface area is 85.3 Å². The van der Waals surface area contributed by atoms with Crippen LogP contribution in [-0.4, -0.2) is 12.0 Å². The van der Waals surface area contributed by atoms with Gasteiger partial charge >= 0.3 is 5.97 Å². The molecule has 1 aromatic carbocycles. The molecular formula is C9H10BrNO2. The van der Waals surface area contributed by atoms with Crippen molar-refractivity contribution in [3.05, 3.63) is 35.9 Å². The van der Waals surface area contributed by atoms with Gasteiger partial charge < -0.3 is 9.56 Å². The van der Waals surface area contributed by atoms with Crippen molar-refractivity contribution in [2.75, 3.05) is 0 Å². The minimum atomic E-state index is -0.609. The average Bonchev–Trinajstić information content (AvgIpc) is 2.18. The molecular weight excluding hydrogens is 234 g/mol. The van der Waals surface area contributed by atoms with E-state index in [-0.39, 0.29) is 0 Å². The lowest BCUT2D eigenvalue weighted by Crippen LogP contribution is -2.32. The standard InChI is InChI=1S/C9H10BrNO2/c10-13-9(12)8(11)6-7-4-2-1-3-5-7/h1-5,8H,6,11H2. The first-order valence-corrected chi connectivity index (χ1v) is 4.50. The SMILES string of the molecule is NC(Cc1ccccc1)C(=O)OBr. The Hall–Kier alpha value is -0.870. The summed E-state index contributed by atoms with van der Waals surface area (Å²) in [4.78, 5) is 10.9. The van der Waals surface area contributed by atoms with Crippen LogP contribution < -0.4 is 5.73 Å². The normalized spacial score (nSPS) is 12.2. The van der Waals surface area contributed by atoms with E-state index in [2.05, 4.69) is 20.1 Å². The molecule has 0 aromatic heterocycles. The predicted molar refractivity (Wildman–Crippen MR) is 53.1 cm³/mol. The summed E-state index contributed by atoms with van der Waals surface area (Å²) in [5.74, 6) is -0.455. The van der Waals surface area contributed by atoms with Crippen LogP contribution >= 0.6 is 16.3 Å².